The highest BCUT2D eigenvalue weighted by atomic mass is 32.2. The normalized spacial score (nSPS) is 17.7. The third kappa shape index (κ3) is 4.74. The standard InChI is InChI=1S/C26H25N3OS/c30-31(25-16-23-8-4-5-9-26(23)27-17-25)28-24-14-15-29(19-24)18-20-10-12-22(13-11-20)21-6-2-1-3-7-21/h1-13,16-17,24,28H,14-15,18-19H2. The number of pyridine rings is 1. The highest BCUT2D eigenvalue weighted by molar-refractivity contribution is 7.83. The van der Waals surface area contributed by atoms with Crippen LogP contribution >= 0.6 is 0 Å². The average molecular weight is 428 g/mol. The topological polar surface area (TPSA) is 45.2 Å². The van der Waals surface area contributed by atoms with E-state index in [2.05, 4.69) is 63.1 Å². The van der Waals surface area contributed by atoms with Gasteiger partial charge in [0, 0.05) is 37.3 Å². The molecule has 4 nitrogen and oxygen atoms in total. The lowest BCUT2D eigenvalue weighted by Gasteiger charge is -2.17. The summed E-state index contributed by atoms with van der Waals surface area (Å²) in [5, 5.41) is 1.02. The van der Waals surface area contributed by atoms with Gasteiger partial charge in [-0.25, -0.2) is 8.93 Å². The first kappa shape index (κ1) is 20.1. The molecule has 2 heterocycles. The molecule has 156 valence electrons. The highest BCUT2D eigenvalue weighted by Crippen LogP contribution is 2.21. The fourth-order valence-corrected chi connectivity index (χ4v) is 5.15. The summed E-state index contributed by atoms with van der Waals surface area (Å²) >= 11 is 0. The summed E-state index contributed by atoms with van der Waals surface area (Å²) in [6.07, 6.45) is 2.71. The maximum absolute atomic E-state index is 12.8. The van der Waals surface area contributed by atoms with Gasteiger partial charge in [-0.15, -0.1) is 0 Å². The van der Waals surface area contributed by atoms with Gasteiger partial charge in [0.05, 0.1) is 10.4 Å². The van der Waals surface area contributed by atoms with Crippen molar-refractivity contribution in [3.8, 4) is 11.1 Å². The van der Waals surface area contributed by atoms with E-state index in [1.807, 2.05) is 36.4 Å². The van der Waals surface area contributed by atoms with E-state index in [9.17, 15) is 4.21 Å². The summed E-state index contributed by atoms with van der Waals surface area (Å²) in [5.74, 6) is 0. The van der Waals surface area contributed by atoms with Crippen LogP contribution in [-0.2, 0) is 17.5 Å². The minimum absolute atomic E-state index is 0.218. The molecule has 31 heavy (non-hydrogen) atoms. The van der Waals surface area contributed by atoms with Crippen LogP contribution in [0.3, 0.4) is 0 Å². The molecular formula is C26H25N3OS. The second-order valence-corrected chi connectivity index (χ2v) is 9.28. The number of rotatable bonds is 6. The summed E-state index contributed by atoms with van der Waals surface area (Å²) in [6.45, 7) is 2.82. The van der Waals surface area contributed by atoms with Gasteiger partial charge in [-0.3, -0.25) is 9.88 Å². The van der Waals surface area contributed by atoms with E-state index in [1.165, 1.54) is 16.7 Å². The molecule has 1 aromatic heterocycles. The van der Waals surface area contributed by atoms with Gasteiger partial charge in [0.1, 0.15) is 11.0 Å². The minimum atomic E-state index is -1.25. The van der Waals surface area contributed by atoms with Gasteiger partial charge in [0.25, 0.3) is 0 Å². The lowest BCUT2D eigenvalue weighted by molar-refractivity contribution is 0.325. The van der Waals surface area contributed by atoms with Crippen LogP contribution in [0.15, 0.2) is 96.0 Å². The molecular weight excluding hydrogens is 402 g/mol. The molecule has 1 saturated heterocycles. The van der Waals surface area contributed by atoms with Crippen LogP contribution in [0.4, 0.5) is 0 Å². The maximum atomic E-state index is 12.8. The summed E-state index contributed by atoms with van der Waals surface area (Å²) < 4.78 is 16.1. The van der Waals surface area contributed by atoms with E-state index in [1.54, 1.807) is 6.20 Å². The second kappa shape index (κ2) is 9.10. The number of likely N-dealkylation sites (tertiary alicyclic amines) is 1. The van der Waals surface area contributed by atoms with Crippen molar-refractivity contribution in [1.82, 2.24) is 14.6 Å². The smallest absolute Gasteiger partial charge is 0.126 e. The minimum Gasteiger partial charge on any atom is -0.297 e. The highest BCUT2D eigenvalue weighted by Gasteiger charge is 2.24. The molecule has 0 spiro atoms. The van der Waals surface area contributed by atoms with Crippen LogP contribution in [0.25, 0.3) is 22.0 Å². The van der Waals surface area contributed by atoms with E-state index < -0.39 is 11.0 Å². The molecule has 5 rings (SSSR count). The Bertz CT molecular complexity index is 1190. The van der Waals surface area contributed by atoms with Gasteiger partial charge in [0.15, 0.2) is 0 Å². The number of benzene rings is 3. The van der Waals surface area contributed by atoms with Crippen molar-refractivity contribution in [1.29, 1.82) is 0 Å². The van der Waals surface area contributed by atoms with Crippen molar-refractivity contribution in [2.75, 3.05) is 13.1 Å². The number of aromatic nitrogens is 1. The molecule has 1 N–H and O–H groups in total. The molecule has 0 radical (unpaired) electrons. The molecule has 1 aliphatic rings. The van der Waals surface area contributed by atoms with E-state index >= 15 is 0 Å². The molecule has 3 aromatic carbocycles. The molecule has 0 aliphatic carbocycles. The Balaban J connectivity index is 1.17. The zero-order chi connectivity index (χ0) is 21.0. The SMILES string of the molecule is O=S(NC1CCN(Cc2ccc(-c3ccccc3)cc2)C1)c1cnc2ccccc2c1. The number of nitrogens with zero attached hydrogens (tertiary/aromatic N) is 2. The number of fused-ring (bicyclic) bond motifs is 1. The molecule has 1 aliphatic heterocycles. The fraction of sp³-hybridized carbons (Fsp3) is 0.192. The molecule has 0 saturated carbocycles. The van der Waals surface area contributed by atoms with Crippen LogP contribution in [-0.4, -0.2) is 33.2 Å². The Labute approximate surface area is 185 Å². The van der Waals surface area contributed by atoms with Crippen LogP contribution in [0.1, 0.15) is 12.0 Å². The van der Waals surface area contributed by atoms with E-state index in [4.69, 9.17) is 0 Å². The van der Waals surface area contributed by atoms with E-state index in [-0.39, 0.29) is 6.04 Å². The number of nitrogens with one attached hydrogen (secondary N) is 1. The zero-order valence-electron chi connectivity index (χ0n) is 17.3. The largest absolute Gasteiger partial charge is 0.297 e. The van der Waals surface area contributed by atoms with Crippen LogP contribution in [0, 0.1) is 0 Å². The summed E-state index contributed by atoms with van der Waals surface area (Å²) in [6, 6.07) is 29.4. The Kier molecular flexibility index (Phi) is 5.89. The van der Waals surface area contributed by atoms with Gasteiger partial charge >= 0.3 is 0 Å². The lowest BCUT2D eigenvalue weighted by atomic mass is 10.0. The van der Waals surface area contributed by atoms with E-state index in [0.717, 1.165) is 41.9 Å². The maximum Gasteiger partial charge on any atom is 0.126 e. The van der Waals surface area contributed by atoms with Crippen molar-refractivity contribution in [2.24, 2.45) is 0 Å². The average Bonchev–Trinajstić information content (AvgIpc) is 3.26. The Morgan fingerprint density at radius 2 is 1.68 bits per heavy atom. The van der Waals surface area contributed by atoms with Gasteiger partial charge in [0.2, 0.25) is 0 Å². The van der Waals surface area contributed by atoms with Gasteiger partial charge in [-0.05, 0) is 35.2 Å². The predicted molar refractivity (Wildman–Crippen MR) is 127 cm³/mol. The van der Waals surface area contributed by atoms with Gasteiger partial charge < -0.3 is 0 Å². The van der Waals surface area contributed by atoms with Crippen molar-refractivity contribution < 1.29 is 4.21 Å². The molecule has 5 heteroatoms. The summed E-state index contributed by atoms with van der Waals surface area (Å²) in [7, 11) is -1.25. The first-order valence-electron chi connectivity index (χ1n) is 10.6. The number of para-hydroxylation sites is 1. The molecule has 1 fully saturated rings. The van der Waals surface area contributed by atoms with Crippen LogP contribution < -0.4 is 4.72 Å². The van der Waals surface area contributed by atoms with Crippen molar-refractivity contribution in [3.63, 3.8) is 0 Å². The van der Waals surface area contributed by atoms with Gasteiger partial charge in [-0.1, -0.05) is 72.8 Å². The third-order valence-electron chi connectivity index (χ3n) is 5.79. The Morgan fingerprint density at radius 1 is 0.935 bits per heavy atom. The first-order valence-corrected chi connectivity index (χ1v) is 11.8. The van der Waals surface area contributed by atoms with Crippen LogP contribution in [0.2, 0.25) is 0 Å². The van der Waals surface area contributed by atoms with Crippen molar-refractivity contribution in [2.45, 2.75) is 23.9 Å². The Hall–Kier alpha value is -2.86. The molecule has 2 unspecified atom stereocenters. The number of hydrogen-bond donors (Lipinski definition) is 1. The molecule has 2 atom stereocenters. The zero-order valence-corrected chi connectivity index (χ0v) is 18.1. The van der Waals surface area contributed by atoms with Crippen molar-refractivity contribution >= 4 is 21.9 Å². The number of hydrogen-bond acceptors (Lipinski definition) is 3. The Morgan fingerprint density at radius 3 is 2.52 bits per heavy atom. The third-order valence-corrected chi connectivity index (χ3v) is 6.99. The quantitative estimate of drug-likeness (QED) is 0.481. The summed E-state index contributed by atoms with van der Waals surface area (Å²) in [5.41, 5.74) is 4.71. The molecule has 0 amide bonds. The fourth-order valence-electron chi connectivity index (χ4n) is 4.14. The lowest BCUT2D eigenvalue weighted by Crippen LogP contribution is -2.33. The van der Waals surface area contributed by atoms with Gasteiger partial charge in [-0.2, -0.15) is 0 Å². The second-order valence-electron chi connectivity index (χ2n) is 8.03. The predicted octanol–water partition coefficient (Wildman–Crippen LogP) is 4.79. The van der Waals surface area contributed by atoms with Crippen LogP contribution in [0.5, 0.6) is 0 Å². The van der Waals surface area contributed by atoms with Crippen molar-refractivity contribution in [3.05, 3.63) is 96.7 Å². The molecule has 0 bridgehead atoms. The summed E-state index contributed by atoms with van der Waals surface area (Å²) in [4.78, 5) is 7.58. The first-order chi connectivity index (χ1) is 15.2. The molecule has 4 aromatic rings. The van der Waals surface area contributed by atoms with E-state index in [0.29, 0.717) is 0 Å². The monoisotopic (exact) mass is 427 g/mol.